The van der Waals surface area contributed by atoms with Crippen molar-refractivity contribution >= 4 is 5.97 Å². The minimum absolute atomic E-state index is 0.180. The summed E-state index contributed by atoms with van der Waals surface area (Å²) in [6.45, 7) is 3.62. The fourth-order valence-corrected chi connectivity index (χ4v) is 1.73. The van der Waals surface area contributed by atoms with Gasteiger partial charge in [0.1, 0.15) is 0 Å². The van der Waals surface area contributed by atoms with Gasteiger partial charge in [-0.3, -0.25) is 4.79 Å². The molecule has 1 heterocycles. The van der Waals surface area contributed by atoms with E-state index in [0.29, 0.717) is 0 Å². The molecule has 0 aromatic heterocycles. The van der Waals surface area contributed by atoms with Crippen LogP contribution >= 0.6 is 0 Å². The second-order valence-corrected chi connectivity index (χ2v) is 3.86. The maximum Gasteiger partial charge on any atom is 0.311 e. The third kappa shape index (κ3) is 2.45. The highest BCUT2D eigenvalue weighted by Gasteiger charge is 2.34. The van der Waals surface area contributed by atoms with Crippen molar-refractivity contribution in [2.24, 2.45) is 5.92 Å². The fraction of sp³-hybridized carbons (Fsp3) is 0.900. The van der Waals surface area contributed by atoms with E-state index >= 15 is 0 Å². The van der Waals surface area contributed by atoms with Crippen LogP contribution in [0.15, 0.2) is 0 Å². The van der Waals surface area contributed by atoms with E-state index in [1.165, 1.54) is 7.11 Å². The lowest BCUT2D eigenvalue weighted by atomic mass is 9.98. The van der Waals surface area contributed by atoms with Gasteiger partial charge in [0.15, 0.2) is 0 Å². The van der Waals surface area contributed by atoms with E-state index in [-0.39, 0.29) is 18.2 Å². The number of ether oxygens (including phenoxy) is 2. The molecule has 1 rings (SSSR count). The van der Waals surface area contributed by atoms with E-state index in [4.69, 9.17) is 4.74 Å². The average molecular weight is 202 g/mol. The molecular formula is C10H18O4. The lowest BCUT2D eigenvalue weighted by Crippen LogP contribution is -2.36. The van der Waals surface area contributed by atoms with Crippen LogP contribution in [0.2, 0.25) is 0 Å². The van der Waals surface area contributed by atoms with Crippen LogP contribution in [0.5, 0.6) is 0 Å². The van der Waals surface area contributed by atoms with Crippen molar-refractivity contribution in [1.29, 1.82) is 0 Å². The minimum atomic E-state index is -0.757. The molecule has 4 unspecified atom stereocenters. The van der Waals surface area contributed by atoms with E-state index < -0.39 is 12.0 Å². The molecule has 1 saturated heterocycles. The maximum absolute atomic E-state index is 11.2. The summed E-state index contributed by atoms with van der Waals surface area (Å²) in [6, 6.07) is 0. The second-order valence-electron chi connectivity index (χ2n) is 3.86. The van der Waals surface area contributed by atoms with Crippen LogP contribution < -0.4 is 0 Å². The van der Waals surface area contributed by atoms with Gasteiger partial charge in [0, 0.05) is 0 Å². The molecule has 82 valence electrons. The monoisotopic (exact) mass is 202 g/mol. The van der Waals surface area contributed by atoms with Gasteiger partial charge in [-0.05, 0) is 26.7 Å². The Kier molecular flexibility index (Phi) is 3.89. The molecule has 1 fully saturated rings. The van der Waals surface area contributed by atoms with Gasteiger partial charge in [-0.2, -0.15) is 0 Å². The van der Waals surface area contributed by atoms with Crippen LogP contribution in [0, 0.1) is 5.92 Å². The zero-order valence-electron chi connectivity index (χ0n) is 8.90. The van der Waals surface area contributed by atoms with E-state index in [0.717, 1.165) is 12.8 Å². The molecular weight excluding hydrogens is 184 g/mol. The van der Waals surface area contributed by atoms with E-state index in [1.807, 2.05) is 6.92 Å². The highest BCUT2D eigenvalue weighted by Crippen LogP contribution is 2.25. The lowest BCUT2D eigenvalue weighted by molar-refractivity contribution is -0.152. The highest BCUT2D eigenvalue weighted by atomic mass is 16.5. The van der Waals surface area contributed by atoms with Crippen molar-refractivity contribution in [3.8, 4) is 0 Å². The number of methoxy groups -OCH3 is 1. The Morgan fingerprint density at radius 2 is 2.21 bits per heavy atom. The molecule has 0 saturated carbocycles. The third-order valence-corrected chi connectivity index (χ3v) is 2.73. The topological polar surface area (TPSA) is 55.8 Å². The first kappa shape index (κ1) is 11.5. The number of hydrogen-bond acceptors (Lipinski definition) is 4. The summed E-state index contributed by atoms with van der Waals surface area (Å²) >= 11 is 0. The van der Waals surface area contributed by atoms with Crippen LogP contribution in [0.25, 0.3) is 0 Å². The van der Waals surface area contributed by atoms with E-state index in [9.17, 15) is 9.90 Å². The van der Waals surface area contributed by atoms with Gasteiger partial charge in [0.2, 0.25) is 0 Å². The van der Waals surface area contributed by atoms with E-state index in [2.05, 4.69) is 4.74 Å². The summed E-state index contributed by atoms with van der Waals surface area (Å²) in [5.74, 6) is -0.907. The summed E-state index contributed by atoms with van der Waals surface area (Å²) in [5.41, 5.74) is 0. The van der Waals surface area contributed by atoms with Crippen LogP contribution in [-0.2, 0) is 14.3 Å². The number of aliphatic hydroxyl groups excluding tert-OH is 1. The molecule has 0 bridgehead atoms. The Labute approximate surface area is 84.2 Å². The summed E-state index contributed by atoms with van der Waals surface area (Å²) in [6.07, 6.45) is 0.949. The van der Waals surface area contributed by atoms with Crippen LogP contribution in [0.3, 0.4) is 0 Å². The van der Waals surface area contributed by atoms with Crippen molar-refractivity contribution in [1.82, 2.24) is 0 Å². The number of esters is 1. The number of carbonyl (C=O) groups excluding carboxylic acids is 1. The first-order valence-corrected chi connectivity index (χ1v) is 4.97. The molecule has 0 aromatic carbocycles. The summed E-state index contributed by atoms with van der Waals surface area (Å²) < 4.78 is 10.0. The first-order valence-electron chi connectivity index (χ1n) is 4.97. The predicted octanol–water partition coefficient (Wildman–Crippen LogP) is 0.724. The largest absolute Gasteiger partial charge is 0.469 e. The normalized spacial score (nSPS) is 31.1. The van der Waals surface area contributed by atoms with Gasteiger partial charge in [-0.1, -0.05) is 0 Å². The van der Waals surface area contributed by atoms with Crippen LogP contribution in [-0.4, -0.2) is 36.5 Å². The Morgan fingerprint density at radius 3 is 2.64 bits per heavy atom. The molecule has 1 aliphatic rings. The van der Waals surface area contributed by atoms with Crippen LogP contribution in [0.4, 0.5) is 0 Å². The zero-order chi connectivity index (χ0) is 10.7. The quantitative estimate of drug-likeness (QED) is 0.685. The number of hydrogen-bond donors (Lipinski definition) is 1. The SMILES string of the molecule is COC(=O)C(C)C(O)C1CCC(C)O1. The van der Waals surface area contributed by atoms with Gasteiger partial charge in [0.25, 0.3) is 0 Å². The van der Waals surface area contributed by atoms with Gasteiger partial charge in [-0.25, -0.2) is 0 Å². The Bertz CT molecular complexity index is 204. The van der Waals surface area contributed by atoms with Crippen molar-refractivity contribution < 1.29 is 19.4 Å². The standard InChI is InChI=1S/C10H18O4/c1-6-4-5-8(14-6)9(11)7(2)10(12)13-3/h6-9,11H,4-5H2,1-3H3. The highest BCUT2D eigenvalue weighted by molar-refractivity contribution is 5.72. The van der Waals surface area contributed by atoms with Crippen molar-refractivity contribution in [2.75, 3.05) is 7.11 Å². The van der Waals surface area contributed by atoms with Gasteiger partial charge in [-0.15, -0.1) is 0 Å². The molecule has 0 amide bonds. The summed E-state index contributed by atoms with van der Waals surface area (Å²) in [4.78, 5) is 11.2. The first-order chi connectivity index (χ1) is 6.56. The maximum atomic E-state index is 11.2. The molecule has 1 aliphatic heterocycles. The molecule has 4 atom stereocenters. The molecule has 0 radical (unpaired) electrons. The van der Waals surface area contributed by atoms with Crippen molar-refractivity contribution in [2.45, 2.75) is 45.0 Å². The third-order valence-electron chi connectivity index (χ3n) is 2.73. The number of rotatable bonds is 3. The van der Waals surface area contributed by atoms with Gasteiger partial charge in [0.05, 0.1) is 31.3 Å². The Hall–Kier alpha value is -0.610. The predicted molar refractivity (Wildman–Crippen MR) is 50.8 cm³/mol. The van der Waals surface area contributed by atoms with Crippen molar-refractivity contribution in [3.05, 3.63) is 0 Å². The zero-order valence-corrected chi connectivity index (χ0v) is 8.90. The molecule has 1 N–H and O–H groups in total. The molecule has 4 nitrogen and oxygen atoms in total. The summed E-state index contributed by atoms with van der Waals surface area (Å²) in [7, 11) is 1.32. The second kappa shape index (κ2) is 4.75. The Balaban J connectivity index is 2.48. The minimum Gasteiger partial charge on any atom is -0.469 e. The van der Waals surface area contributed by atoms with Gasteiger partial charge >= 0.3 is 5.97 Å². The number of carbonyl (C=O) groups is 1. The van der Waals surface area contributed by atoms with E-state index in [1.54, 1.807) is 6.92 Å². The summed E-state index contributed by atoms with van der Waals surface area (Å²) in [5, 5.41) is 9.81. The molecule has 0 aromatic rings. The average Bonchev–Trinajstić information content (AvgIpc) is 2.61. The molecule has 0 spiro atoms. The van der Waals surface area contributed by atoms with Gasteiger partial charge < -0.3 is 14.6 Å². The van der Waals surface area contributed by atoms with Crippen molar-refractivity contribution in [3.63, 3.8) is 0 Å². The fourth-order valence-electron chi connectivity index (χ4n) is 1.73. The molecule has 14 heavy (non-hydrogen) atoms. The van der Waals surface area contributed by atoms with Crippen LogP contribution in [0.1, 0.15) is 26.7 Å². The molecule has 4 heteroatoms. The smallest absolute Gasteiger partial charge is 0.311 e. The molecule has 0 aliphatic carbocycles. The number of aliphatic hydroxyl groups is 1. The Morgan fingerprint density at radius 1 is 1.57 bits per heavy atom. The lowest BCUT2D eigenvalue weighted by Gasteiger charge is -2.22.